The largest absolute Gasteiger partial charge is 1.00 e. The predicted octanol–water partition coefficient (Wildman–Crippen LogP) is 3.79. The summed E-state index contributed by atoms with van der Waals surface area (Å²) < 4.78 is 1.19. The second-order valence-corrected chi connectivity index (χ2v) is 33.5. The molecule has 0 aliphatic heterocycles. The molecule has 212 valence electrons. The average Bonchev–Trinajstić information content (AvgIpc) is 3.54. The van der Waals surface area contributed by atoms with Crippen LogP contribution in [0, 0.1) is 0 Å². The second kappa shape index (κ2) is 13.5. The standard InChI is InChI=1S/2C16H13.C7H8Si.2ClH.Hf/c2*1-12-10-14-8-5-9-15(16(14)11-12)13-6-3-2-4-7-13;1-8-7-5-3-2-4-6-7;;;/h2*2-11H,1H3;2-6H,1H3;2*1H;/q;;;;;+2/p-2. The molecule has 4 heteroatoms. The van der Waals surface area contributed by atoms with Crippen molar-refractivity contribution < 1.29 is 44.9 Å². The summed E-state index contributed by atoms with van der Waals surface area (Å²) in [7, 11) is 0. The summed E-state index contributed by atoms with van der Waals surface area (Å²) in [5, 5.41) is 1.61. The molecule has 2 atom stereocenters. The van der Waals surface area contributed by atoms with Gasteiger partial charge in [-0.25, -0.2) is 0 Å². The molecule has 0 saturated heterocycles. The summed E-state index contributed by atoms with van der Waals surface area (Å²) in [6, 6.07) is 47.6. The molecule has 0 nitrogen and oxygen atoms in total. The van der Waals surface area contributed by atoms with E-state index in [2.05, 4.69) is 160 Å². The van der Waals surface area contributed by atoms with Gasteiger partial charge < -0.3 is 24.8 Å². The van der Waals surface area contributed by atoms with Crippen molar-refractivity contribution in [2.24, 2.45) is 0 Å². The first-order valence-electron chi connectivity index (χ1n) is 14.6. The molecule has 0 saturated carbocycles. The predicted molar refractivity (Wildman–Crippen MR) is 174 cm³/mol. The third-order valence-electron chi connectivity index (χ3n) is 8.99. The average molecular weight is 780 g/mol. The zero-order chi connectivity index (χ0) is 27.9. The molecule has 2 aliphatic carbocycles. The number of hydrogen-bond donors (Lipinski definition) is 0. The first-order chi connectivity index (χ1) is 20.1. The number of allylic oxidation sites excluding steroid dienone is 2. The van der Waals surface area contributed by atoms with Gasteiger partial charge in [-0.2, -0.15) is 0 Å². The van der Waals surface area contributed by atoms with E-state index in [-0.39, 0.29) is 24.8 Å². The van der Waals surface area contributed by atoms with Crippen molar-refractivity contribution in [3.8, 4) is 22.3 Å². The van der Waals surface area contributed by atoms with Gasteiger partial charge in [0.2, 0.25) is 0 Å². The van der Waals surface area contributed by atoms with Crippen LogP contribution in [0.1, 0.15) is 43.5 Å². The Kier molecular flexibility index (Phi) is 9.93. The van der Waals surface area contributed by atoms with Gasteiger partial charge in [0.1, 0.15) is 0 Å². The van der Waals surface area contributed by atoms with Crippen LogP contribution in [0.2, 0.25) is 6.55 Å². The number of fused-ring (bicyclic) bond motifs is 2. The summed E-state index contributed by atoms with van der Waals surface area (Å²) >= 11 is -2.58. The van der Waals surface area contributed by atoms with Crippen LogP contribution in [0.5, 0.6) is 0 Å². The van der Waals surface area contributed by atoms with Gasteiger partial charge >= 0.3 is 254 Å². The molecule has 0 bridgehead atoms. The van der Waals surface area contributed by atoms with Gasteiger partial charge in [0, 0.05) is 0 Å². The molecular weight excluding hydrogens is 746 g/mol. The Morgan fingerprint density at radius 1 is 0.488 bits per heavy atom. The minimum Gasteiger partial charge on any atom is -1.00 e. The van der Waals surface area contributed by atoms with E-state index in [1.54, 1.807) is 27.5 Å². The van der Waals surface area contributed by atoms with Gasteiger partial charge in [0.05, 0.1) is 0 Å². The number of halogens is 2. The smallest absolute Gasteiger partial charge is 1.00 e. The molecule has 5 aromatic rings. The fourth-order valence-corrected chi connectivity index (χ4v) is 39.5. The molecule has 0 aromatic heterocycles. The Labute approximate surface area is 276 Å². The summed E-state index contributed by atoms with van der Waals surface area (Å²) in [6.45, 7) is 7.51. The van der Waals surface area contributed by atoms with Gasteiger partial charge in [-0.05, 0) is 0 Å². The van der Waals surface area contributed by atoms with Crippen LogP contribution in [0.3, 0.4) is 0 Å². The molecule has 0 radical (unpaired) electrons. The zero-order valence-corrected chi connectivity index (χ0v) is 30.8. The van der Waals surface area contributed by atoms with E-state index in [4.69, 9.17) is 0 Å². The maximum Gasteiger partial charge on any atom is -1.00 e. The molecule has 0 N–H and O–H groups in total. The first-order valence-corrected chi connectivity index (χ1v) is 26.1. The van der Waals surface area contributed by atoms with Crippen LogP contribution in [-0.4, -0.2) is 5.49 Å². The van der Waals surface area contributed by atoms with Crippen molar-refractivity contribution >= 4 is 22.8 Å². The fraction of sp³-hybridized carbons (Fsp3) is 0.128. The third kappa shape index (κ3) is 5.76. The molecule has 0 heterocycles. The Morgan fingerprint density at radius 3 is 1.30 bits per heavy atom. The molecule has 5 aromatic carbocycles. The van der Waals surface area contributed by atoms with Crippen LogP contribution in [0.15, 0.2) is 139 Å². The van der Waals surface area contributed by atoms with E-state index in [1.807, 2.05) is 0 Å². The maximum absolute atomic E-state index is 2.65. The summed E-state index contributed by atoms with van der Waals surface area (Å²) in [4.78, 5) is 0. The molecule has 2 unspecified atom stereocenters. The zero-order valence-electron chi connectivity index (χ0n) is 24.7. The first kappa shape index (κ1) is 31.7. The van der Waals surface area contributed by atoms with Gasteiger partial charge in [0.25, 0.3) is 0 Å². The topological polar surface area (TPSA) is 0 Å². The van der Waals surface area contributed by atoms with Gasteiger partial charge in [-0.1, -0.05) is 0 Å². The van der Waals surface area contributed by atoms with Gasteiger partial charge in [0.15, 0.2) is 0 Å². The molecule has 2 aliphatic rings. The Morgan fingerprint density at radius 2 is 0.884 bits per heavy atom. The van der Waals surface area contributed by atoms with Gasteiger partial charge in [-0.3, -0.25) is 0 Å². The van der Waals surface area contributed by atoms with Crippen LogP contribution >= 0.6 is 0 Å². The van der Waals surface area contributed by atoms with Crippen molar-refractivity contribution in [3.63, 3.8) is 0 Å². The summed E-state index contributed by atoms with van der Waals surface area (Å²) in [5.74, 6) is 0. The summed E-state index contributed by atoms with van der Waals surface area (Å²) in [5.41, 5.74) is 13.9. The Hall–Kier alpha value is -2.75. The quantitative estimate of drug-likeness (QED) is 0.239. The van der Waals surface area contributed by atoms with Crippen molar-refractivity contribution in [3.05, 3.63) is 161 Å². The number of benzene rings is 5. The van der Waals surface area contributed by atoms with Crippen LogP contribution in [0.25, 0.3) is 34.4 Å². The molecule has 7 rings (SSSR count). The van der Waals surface area contributed by atoms with Crippen molar-refractivity contribution in [2.45, 2.75) is 27.7 Å². The minimum atomic E-state index is -2.58. The molecule has 0 fully saturated rings. The third-order valence-corrected chi connectivity index (χ3v) is 38.2. The van der Waals surface area contributed by atoms with E-state index >= 15 is 0 Å². The minimum absolute atomic E-state index is 0. The second-order valence-electron chi connectivity index (χ2n) is 11.4. The number of hydrogen-bond acceptors (Lipinski definition) is 0. The van der Waals surface area contributed by atoms with E-state index in [0.717, 1.165) is 0 Å². The molecule has 0 amide bonds. The van der Waals surface area contributed by atoms with Crippen molar-refractivity contribution in [2.75, 3.05) is 0 Å². The van der Waals surface area contributed by atoms with Gasteiger partial charge in [-0.15, -0.1) is 0 Å². The molecule has 0 spiro atoms. The van der Waals surface area contributed by atoms with Crippen LogP contribution < -0.4 is 30.0 Å². The van der Waals surface area contributed by atoms with E-state index in [1.165, 1.54) is 33.4 Å². The monoisotopic (exact) mass is 780 g/mol. The van der Waals surface area contributed by atoms with Crippen molar-refractivity contribution in [1.82, 2.24) is 0 Å². The van der Waals surface area contributed by atoms with Crippen molar-refractivity contribution in [1.29, 1.82) is 0 Å². The van der Waals surface area contributed by atoms with E-state index in [0.29, 0.717) is 7.35 Å². The van der Waals surface area contributed by atoms with Crippen LogP contribution in [-0.2, 0) is 20.1 Å². The number of rotatable bonds is 5. The SMILES string of the molecule is CC1=Cc2c(-c3ccccc3)cccc2[CH]1[Hf+2]([CH]1C(C)=Cc2c(-c3ccccc3)cccc21)=[Si](C)c1ccccc1.[Cl-].[Cl-]. The molecule has 43 heavy (non-hydrogen) atoms. The van der Waals surface area contributed by atoms with E-state index < -0.39 is 25.6 Å². The Bertz CT molecular complexity index is 1750. The molecular formula is C39H34Cl2HfSi. The normalized spacial score (nSPS) is 16.0. The maximum atomic E-state index is 2.65. The Balaban J connectivity index is 0.00000184. The summed E-state index contributed by atoms with van der Waals surface area (Å²) in [6.07, 6.45) is 5.09. The van der Waals surface area contributed by atoms with E-state index in [9.17, 15) is 0 Å². The fourth-order valence-electron chi connectivity index (χ4n) is 7.12. The van der Waals surface area contributed by atoms with Crippen LogP contribution in [0.4, 0.5) is 0 Å².